The first-order chi connectivity index (χ1) is 10.2. The molecule has 4 aromatic rings. The van der Waals surface area contributed by atoms with Gasteiger partial charge in [0.15, 0.2) is 4.77 Å². The van der Waals surface area contributed by atoms with Gasteiger partial charge >= 0.3 is 0 Å². The molecular formula is C17H11BrN2S. The molecule has 0 atom stereocenters. The molecule has 0 saturated carbocycles. The van der Waals surface area contributed by atoms with Crippen molar-refractivity contribution in [3.05, 3.63) is 69.9 Å². The van der Waals surface area contributed by atoms with E-state index in [4.69, 9.17) is 12.2 Å². The van der Waals surface area contributed by atoms with E-state index < -0.39 is 0 Å². The number of rotatable bonds is 1. The zero-order valence-electron chi connectivity index (χ0n) is 11.0. The van der Waals surface area contributed by atoms with E-state index in [-0.39, 0.29) is 0 Å². The lowest BCUT2D eigenvalue weighted by Crippen LogP contribution is -1.93. The number of aromatic nitrogens is 2. The summed E-state index contributed by atoms with van der Waals surface area (Å²) in [6.07, 6.45) is 0. The largest absolute Gasteiger partial charge is 0.330 e. The number of hydrogen-bond donors (Lipinski definition) is 1. The second-order valence-corrected chi connectivity index (χ2v) is 6.26. The summed E-state index contributed by atoms with van der Waals surface area (Å²) in [6.45, 7) is 0. The number of nitrogens with one attached hydrogen (secondary N) is 1. The van der Waals surface area contributed by atoms with Gasteiger partial charge in [0.05, 0.1) is 11.0 Å². The fourth-order valence-electron chi connectivity index (χ4n) is 2.66. The van der Waals surface area contributed by atoms with E-state index in [9.17, 15) is 0 Å². The van der Waals surface area contributed by atoms with Gasteiger partial charge in [-0.05, 0) is 53.3 Å². The lowest BCUT2D eigenvalue weighted by Gasteiger charge is -2.06. The summed E-state index contributed by atoms with van der Waals surface area (Å²) in [7, 11) is 0. The van der Waals surface area contributed by atoms with Crippen molar-refractivity contribution < 1.29 is 0 Å². The van der Waals surface area contributed by atoms with Gasteiger partial charge in [-0.15, -0.1) is 0 Å². The second kappa shape index (κ2) is 4.83. The average Bonchev–Trinajstić information content (AvgIpc) is 2.81. The van der Waals surface area contributed by atoms with Crippen LogP contribution in [-0.2, 0) is 0 Å². The van der Waals surface area contributed by atoms with Crippen LogP contribution < -0.4 is 0 Å². The van der Waals surface area contributed by atoms with Gasteiger partial charge in [0.25, 0.3) is 0 Å². The van der Waals surface area contributed by atoms with Gasteiger partial charge in [0.1, 0.15) is 0 Å². The van der Waals surface area contributed by atoms with Crippen LogP contribution in [0.4, 0.5) is 0 Å². The number of aromatic amines is 1. The fourth-order valence-corrected chi connectivity index (χ4v) is 3.33. The molecule has 0 bridgehead atoms. The summed E-state index contributed by atoms with van der Waals surface area (Å²) in [4.78, 5) is 3.26. The Labute approximate surface area is 135 Å². The fraction of sp³-hybridized carbons (Fsp3) is 0. The van der Waals surface area contributed by atoms with E-state index in [0.29, 0.717) is 4.77 Å². The van der Waals surface area contributed by atoms with E-state index in [1.165, 1.54) is 10.8 Å². The van der Waals surface area contributed by atoms with Crippen molar-refractivity contribution in [3.8, 4) is 5.69 Å². The molecule has 0 aliphatic carbocycles. The Morgan fingerprint density at radius 2 is 1.71 bits per heavy atom. The minimum Gasteiger partial charge on any atom is -0.330 e. The normalized spacial score (nSPS) is 11.3. The molecule has 0 fully saturated rings. The van der Waals surface area contributed by atoms with E-state index in [1.807, 2.05) is 12.1 Å². The minimum absolute atomic E-state index is 0.707. The Hall–Kier alpha value is -1.91. The molecule has 0 radical (unpaired) electrons. The number of H-pyrrole nitrogens is 1. The number of halogens is 1. The molecule has 0 aliphatic heterocycles. The van der Waals surface area contributed by atoms with Crippen molar-refractivity contribution in [2.24, 2.45) is 0 Å². The lowest BCUT2D eigenvalue weighted by atomic mass is 10.1. The Bertz CT molecular complexity index is 1030. The average molecular weight is 355 g/mol. The van der Waals surface area contributed by atoms with Crippen molar-refractivity contribution in [3.63, 3.8) is 0 Å². The standard InChI is InChI=1S/C17H11BrN2S/c18-13-6-8-16-15(10-13)19-17(21)20(16)14-7-5-11-3-1-2-4-12(11)9-14/h1-10H,(H,19,21). The van der Waals surface area contributed by atoms with Crippen LogP contribution in [0.1, 0.15) is 0 Å². The molecule has 3 aromatic carbocycles. The van der Waals surface area contributed by atoms with Crippen molar-refractivity contribution in [1.82, 2.24) is 9.55 Å². The number of hydrogen-bond acceptors (Lipinski definition) is 1. The Morgan fingerprint density at radius 3 is 2.57 bits per heavy atom. The van der Waals surface area contributed by atoms with E-state index >= 15 is 0 Å². The van der Waals surface area contributed by atoms with Crippen molar-refractivity contribution >= 4 is 50.0 Å². The van der Waals surface area contributed by atoms with Crippen LogP contribution >= 0.6 is 28.1 Å². The van der Waals surface area contributed by atoms with Crippen molar-refractivity contribution in [2.45, 2.75) is 0 Å². The molecule has 0 spiro atoms. The number of nitrogens with zero attached hydrogens (tertiary/aromatic N) is 1. The highest BCUT2D eigenvalue weighted by atomic mass is 79.9. The maximum Gasteiger partial charge on any atom is 0.182 e. The van der Waals surface area contributed by atoms with Crippen LogP contribution in [0.5, 0.6) is 0 Å². The van der Waals surface area contributed by atoms with Crippen LogP contribution in [0.3, 0.4) is 0 Å². The van der Waals surface area contributed by atoms with Crippen molar-refractivity contribution in [1.29, 1.82) is 0 Å². The molecule has 1 heterocycles. The zero-order chi connectivity index (χ0) is 14.4. The quantitative estimate of drug-likeness (QED) is 0.441. The van der Waals surface area contributed by atoms with Gasteiger partial charge in [-0.25, -0.2) is 0 Å². The van der Waals surface area contributed by atoms with Crippen LogP contribution in [0.2, 0.25) is 0 Å². The highest BCUT2D eigenvalue weighted by Gasteiger charge is 2.07. The van der Waals surface area contributed by atoms with Crippen LogP contribution in [0, 0.1) is 4.77 Å². The molecule has 0 amide bonds. The van der Waals surface area contributed by atoms with Gasteiger partial charge in [0.2, 0.25) is 0 Å². The summed E-state index contributed by atoms with van der Waals surface area (Å²) in [5.74, 6) is 0. The maximum absolute atomic E-state index is 5.49. The molecule has 4 heteroatoms. The predicted molar refractivity (Wildman–Crippen MR) is 93.7 cm³/mol. The molecule has 0 unspecified atom stereocenters. The topological polar surface area (TPSA) is 20.7 Å². The first kappa shape index (κ1) is 12.8. The first-order valence-corrected chi connectivity index (χ1v) is 7.82. The van der Waals surface area contributed by atoms with E-state index in [1.54, 1.807) is 0 Å². The summed E-state index contributed by atoms with van der Waals surface area (Å²) < 4.78 is 3.82. The lowest BCUT2D eigenvalue weighted by molar-refractivity contribution is 1.07. The smallest absolute Gasteiger partial charge is 0.182 e. The summed E-state index contributed by atoms with van der Waals surface area (Å²) in [6, 6.07) is 20.9. The Balaban J connectivity index is 2.03. The van der Waals surface area contributed by atoms with Crippen LogP contribution in [-0.4, -0.2) is 9.55 Å². The molecule has 1 aromatic heterocycles. The monoisotopic (exact) mass is 354 g/mol. The third kappa shape index (κ3) is 2.11. The molecule has 0 saturated heterocycles. The van der Waals surface area contributed by atoms with Gasteiger partial charge < -0.3 is 4.98 Å². The molecule has 21 heavy (non-hydrogen) atoms. The SMILES string of the molecule is S=c1[nH]c2cc(Br)ccc2n1-c1ccc2ccccc2c1. The van der Waals surface area contributed by atoms with Gasteiger partial charge in [0, 0.05) is 10.2 Å². The molecule has 0 aliphatic rings. The Kier molecular flexibility index (Phi) is 2.94. The molecule has 1 N–H and O–H groups in total. The maximum atomic E-state index is 5.49. The highest BCUT2D eigenvalue weighted by Crippen LogP contribution is 2.25. The first-order valence-electron chi connectivity index (χ1n) is 6.62. The predicted octanol–water partition coefficient (Wildman–Crippen LogP) is 5.60. The third-order valence-electron chi connectivity index (χ3n) is 3.64. The number of benzene rings is 3. The molecular weight excluding hydrogens is 344 g/mol. The molecule has 102 valence electrons. The Morgan fingerprint density at radius 1 is 0.905 bits per heavy atom. The van der Waals surface area contributed by atoms with Crippen LogP contribution in [0.25, 0.3) is 27.5 Å². The summed E-state index contributed by atoms with van der Waals surface area (Å²) in [5.41, 5.74) is 3.19. The third-order valence-corrected chi connectivity index (χ3v) is 4.41. The van der Waals surface area contributed by atoms with Gasteiger partial charge in [-0.3, -0.25) is 4.57 Å². The van der Waals surface area contributed by atoms with Crippen molar-refractivity contribution in [2.75, 3.05) is 0 Å². The van der Waals surface area contributed by atoms with Gasteiger partial charge in [-0.2, -0.15) is 0 Å². The van der Waals surface area contributed by atoms with E-state index in [0.717, 1.165) is 21.2 Å². The summed E-state index contributed by atoms with van der Waals surface area (Å²) >= 11 is 8.98. The second-order valence-electron chi connectivity index (χ2n) is 4.96. The molecule has 4 rings (SSSR count). The van der Waals surface area contributed by atoms with Crippen LogP contribution in [0.15, 0.2) is 65.1 Å². The minimum atomic E-state index is 0.707. The number of imidazole rings is 1. The zero-order valence-corrected chi connectivity index (χ0v) is 13.4. The van der Waals surface area contributed by atoms with E-state index in [2.05, 4.69) is 74.0 Å². The summed E-state index contributed by atoms with van der Waals surface area (Å²) in [5, 5.41) is 2.44. The number of fused-ring (bicyclic) bond motifs is 2. The molecule has 2 nitrogen and oxygen atoms in total. The van der Waals surface area contributed by atoms with Gasteiger partial charge in [-0.1, -0.05) is 46.3 Å². The highest BCUT2D eigenvalue weighted by molar-refractivity contribution is 9.10.